The Hall–Kier alpha value is -2.08. The molecular weight excluding hydrogens is 332 g/mol. The van der Waals surface area contributed by atoms with Crippen LogP contribution in [0.5, 0.6) is 0 Å². The Bertz CT molecular complexity index is 821. The highest BCUT2D eigenvalue weighted by atomic mass is 32.2. The number of nitrogens with one attached hydrogen (secondary N) is 2. The van der Waals surface area contributed by atoms with Crippen molar-refractivity contribution < 1.29 is 4.84 Å². The van der Waals surface area contributed by atoms with E-state index in [4.69, 9.17) is 4.84 Å². The highest BCUT2D eigenvalue weighted by Crippen LogP contribution is 2.21. The molecule has 1 atom stereocenters. The van der Waals surface area contributed by atoms with E-state index >= 15 is 0 Å². The normalized spacial score (nSPS) is 16.7. The summed E-state index contributed by atoms with van der Waals surface area (Å²) < 4.78 is 0. The van der Waals surface area contributed by atoms with Gasteiger partial charge in [0, 0.05) is 11.3 Å². The molecule has 1 unspecified atom stereocenters. The van der Waals surface area contributed by atoms with Crippen molar-refractivity contribution in [1.29, 1.82) is 5.26 Å². The number of hydrogen-bond donors (Lipinski definition) is 2. The van der Waals surface area contributed by atoms with Crippen molar-refractivity contribution in [2.24, 2.45) is 0 Å². The summed E-state index contributed by atoms with van der Waals surface area (Å²) in [4.78, 5) is 25.5. The Labute approximate surface area is 141 Å². The number of aromatic nitrogens is 2. The molecule has 3 heterocycles. The maximum atomic E-state index is 12.1. The van der Waals surface area contributed by atoms with Crippen molar-refractivity contribution in [2.75, 3.05) is 5.75 Å². The predicted molar refractivity (Wildman–Crippen MR) is 89.2 cm³/mol. The molecule has 0 spiro atoms. The molecule has 8 heteroatoms. The third kappa shape index (κ3) is 3.82. The number of nitrogens with zero attached hydrogens (tertiary/aromatic N) is 2. The van der Waals surface area contributed by atoms with E-state index in [0.717, 1.165) is 10.6 Å². The van der Waals surface area contributed by atoms with Gasteiger partial charge in [-0.25, -0.2) is 4.98 Å². The molecule has 23 heavy (non-hydrogen) atoms. The molecule has 0 saturated carbocycles. The van der Waals surface area contributed by atoms with Gasteiger partial charge in [-0.1, -0.05) is 17.8 Å². The molecule has 2 aromatic heterocycles. The average Bonchev–Trinajstić information content (AvgIpc) is 3.17. The summed E-state index contributed by atoms with van der Waals surface area (Å²) in [7, 11) is 0. The van der Waals surface area contributed by atoms with Gasteiger partial charge in [-0.3, -0.25) is 4.79 Å². The van der Waals surface area contributed by atoms with E-state index in [1.807, 2.05) is 36.6 Å². The number of nitriles is 1. The second-order valence-corrected chi connectivity index (χ2v) is 6.99. The monoisotopic (exact) mass is 346 g/mol. The third-order valence-corrected chi connectivity index (χ3v) is 4.94. The zero-order valence-electron chi connectivity index (χ0n) is 12.3. The first-order valence-corrected chi connectivity index (χ1v) is 8.84. The molecule has 6 nitrogen and oxygen atoms in total. The second-order valence-electron chi connectivity index (χ2n) is 4.99. The highest BCUT2D eigenvalue weighted by Gasteiger charge is 2.15. The number of H-pyrrole nitrogens is 1. The van der Waals surface area contributed by atoms with Crippen molar-refractivity contribution in [1.82, 2.24) is 15.4 Å². The van der Waals surface area contributed by atoms with Crippen LogP contribution < -0.4 is 11.0 Å². The minimum atomic E-state index is -0.399. The summed E-state index contributed by atoms with van der Waals surface area (Å²) >= 11 is 2.95. The lowest BCUT2D eigenvalue weighted by molar-refractivity contribution is 0.123. The Balaban J connectivity index is 1.81. The number of rotatable bonds is 5. The van der Waals surface area contributed by atoms with Crippen LogP contribution in [0.4, 0.5) is 0 Å². The molecule has 2 N–H and O–H groups in total. The van der Waals surface area contributed by atoms with E-state index in [0.29, 0.717) is 23.0 Å². The third-order valence-electron chi connectivity index (χ3n) is 3.17. The fraction of sp³-hybridized carbons (Fsp3) is 0.267. The smallest absolute Gasteiger partial charge is 0.269 e. The van der Waals surface area contributed by atoms with Crippen molar-refractivity contribution in [3.8, 4) is 6.07 Å². The maximum absolute atomic E-state index is 12.1. The van der Waals surface area contributed by atoms with Gasteiger partial charge in [-0.15, -0.1) is 11.3 Å². The zero-order chi connectivity index (χ0) is 16.2. The highest BCUT2D eigenvalue weighted by molar-refractivity contribution is 7.99. The molecule has 118 valence electrons. The van der Waals surface area contributed by atoms with E-state index < -0.39 is 5.56 Å². The SMILES string of the molecule is CC1C=C(CSc2nc(Cc3cccs3)c(C#N)c(=O)[nH]2)ON1. The van der Waals surface area contributed by atoms with Gasteiger partial charge in [-0.2, -0.15) is 10.7 Å². The van der Waals surface area contributed by atoms with Crippen LogP contribution in [-0.4, -0.2) is 21.8 Å². The van der Waals surface area contributed by atoms with E-state index in [-0.39, 0.29) is 11.6 Å². The largest absolute Gasteiger partial charge is 0.412 e. The average molecular weight is 346 g/mol. The molecule has 0 aliphatic carbocycles. The molecule has 1 aliphatic rings. The number of hydroxylamine groups is 1. The van der Waals surface area contributed by atoms with E-state index in [9.17, 15) is 10.1 Å². The molecule has 0 saturated heterocycles. The Morgan fingerprint density at radius 1 is 1.57 bits per heavy atom. The zero-order valence-corrected chi connectivity index (χ0v) is 14.0. The Morgan fingerprint density at radius 2 is 2.43 bits per heavy atom. The van der Waals surface area contributed by atoms with Crippen molar-refractivity contribution >= 4 is 23.1 Å². The van der Waals surface area contributed by atoms with E-state index in [2.05, 4.69) is 15.4 Å². The fourth-order valence-corrected chi connectivity index (χ4v) is 3.60. The van der Waals surface area contributed by atoms with Crippen molar-refractivity contribution in [3.63, 3.8) is 0 Å². The molecule has 2 aromatic rings. The van der Waals surface area contributed by atoms with Crippen LogP contribution in [0.15, 0.2) is 39.3 Å². The van der Waals surface area contributed by atoms with Gasteiger partial charge >= 0.3 is 0 Å². The lowest BCUT2D eigenvalue weighted by Gasteiger charge is -2.06. The summed E-state index contributed by atoms with van der Waals surface area (Å²) in [5, 5.41) is 11.7. The van der Waals surface area contributed by atoms with Crippen LogP contribution in [0, 0.1) is 11.3 Å². The first kappa shape index (κ1) is 15.8. The van der Waals surface area contributed by atoms with Crippen LogP contribution >= 0.6 is 23.1 Å². The lowest BCUT2D eigenvalue weighted by atomic mass is 10.2. The van der Waals surface area contributed by atoms with Gasteiger partial charge < -0.3 is 9.82 Å². The first-order valence-electron chi connectivity index (χ1n) is 6.97. The molecule has 1 aliphatic heterocycles. The summed E-state index contributed by atoms with van der Waals surface area (Å²) in [6.07, 6.45) is 2.46. The Morgan fingerprint density at radius 3 is 3.09 bits per heavy atom. The Kier molecular flexibility index (Phi) is 4.81. The van der Waals surface area contributed by atoms with Crippen molar-refractivity contribution in [3.05, 3.63) is 55.8 Å². The second kappa shape index (κ2) is 7.00. The number of aromatic amines is 1. The molecule has 0 aromatic carbocycles. The number of hydrogen-bond acceptors (Lipinski definition) is 7. The lowest BCUT2D eigenvalue weighted by Crippen LogP contribution is -2.17. The molecular formula is C15H14N4O2S2. The first-order chi connectivity index (χ1) is 11.2. The summed E-state index contributed by atoms with van der Waals surface area (Å²) in [6.45, 7) is 1.98. The van der Waals surface area contributed by atoms with Crippen molar-refractivity contribution in [2.45, 2.75) is 24.5 Å². The fourth-order valence-electron chi connectivity index (χ4n) is 2.12. The minimum Gasteiger partial charge on any atom is -0.412 e. The van der Waals surface area contributed by atoms with Crippen LogP contribution in [0.2, 0.25) is 0 Å². The van der Waals surface area contributed by atoms with Crippen LogP contribution in [-0.2, 0) is 11.3 Å². The maximum Gasteiger partial charge on any atom is 0.269 e. The summed E-state index contributed by atoms with van der Waals surface area (Å²) in [5.41, 5.74) is 3.02. The molecule has 0 radical (unpaired) electrons. The van der Waals surface area contributed by atoms with Gasteiger partial charge in [0.25, 0.3) is 5.56 Å². The minimum absolute atomic E-state index is 0.0781. The molecule has 3 rings (SSSR count). The van der Waals surface area contributed by atoms with Gasteiger partial charge in [0.05, 0.1) is 17.5 Å². The summed E-state index contributed by atoms with van der Waals surface area (Å²) in [6, 6.07) is 6.03. The topological polar surface area (TPSA) is 90.8 Å². The van der Waals surface area contributed by atoms with Gasteiger partial charge in [0.1, 0.15) is 17.4 Å². The van der Waals surface area contributed by atoms with Gasteiger partial charge in [0.15, 0.2) is 5.16 Å². The van der Waals surface area contributed by atoms with Crippen LogP contribution in [0.25, 0.3) is 0 Å². The quantitative estimate of drug-likeness (QED) is 0.637. The van der Waals surface area contributed by atoms with E-state index in [1.54, 1.807) is 11.3 Å². The summed E-state index contributed by atoms with van der Waals surface area (Å²) in [5.74, 6) is 1.36. The number of thioether (sulfide) groups is 1. The van der Waals surface area contributed by atoms with Gasteiger partial charge in [-0.05, 0) is 24.4 Å². The molecule has 0 bridgehead atoms. The molecule has 0 amide bonds. The van der Waals surface area contributed by atoms with Gasteiger partial charge in [0.2, 0.25) is 0 Å². The van der Waals surface area contributed by atoms with Crippen LogP contribution in [0.3, 0.4) is 0 Å². The predicted octanol–water partition coefficient (Wildman–Crippen LogP) is 2.19. The molecule has 0 fully saturated rings. The van der Waals surface area contributed by atoms with Crippen LogP contribution in [0.1, 0.15) is 23.1 Å². The standard InChI is InChI=1S/C15H14N4O2S2/c1-9-5-10(21-19-9)8-23-15-17-13(6-11-3-2-4-22-11)12(7-16)14(20)18-15/h2-5,9,19H,6,8H2,1H3,(H,17,18,20). The number of thiophene rings is 1. The van der Waals surface area contributed by atoms with E-state index in [1.165, 1.54) is 11.8 Å².